The zero-order chi connectivity index (χ0) is 16.4. The summed E-state index contributed by atoms with van der Waals surface area (Å²) in [6.45, 7) is 5.16. The lowest BCUT2D eigenvalue weighted by Gasteiger charge is -2.13. The van der Waals surface area contributed by atoms with Crippen LogP contribution in [0.1, 0.15) is 35.6 Å². The van der Waals surface area contributed by atoms with E-state index in [1.165, 1.54) is 12.1 Å². The van der Waals surface area contributed by atoms with Crippen LogP contribution < -0.4 is 15.4 Å². The largest absolute Gasteiger partial charge is 0.491 e. The second-order valence-electron chi connectivity index (χ2n) is 5.72. The lowest BCUT2D eigenvalue weighted by atomic mass is 10.1. The zero-order valence-corrected chi connectivity index (χ0v) is 13.1. The van der Waals surface area contributed by atoms with Crippen LogP contribution in [0.25, 0.3) is 0 Å². The Kier molecular flexibility index (Phi) is 4.29. The molecule has 0 bridgehead atoms. The van der Waals surface area contributed by atoms with Crippen LogP contribution in [0, 0.1) is 5.82 Å². The Morgan fingerprint density at radius 3 is 3.00 bits per heavy atom. The van der Waals surface area contributed by atoms with Crippen molar-refractivity contribution < 1.29 is 13.9 Å². The number of benzene rings is 1. The number of hydrogen-bond donors (Lipinski definition) is 3. The summed E-state index contributed by atoms with van der Waals surface area (Å²) in [7, 11) is 0. The highest BCUT2D eigenvalue weighted by atomic mass is 19.1. The minimum atomic E-state index is -0.543. The van der Waals surface area contributed by atoms with E-state index in [-0.39, 0.29) is 11.8 Å². The van der Waals surface area contributed by atoms with E-state index < -0.39 is 11.7 Å². The van der Waals surface area contributed by atoms with Gasteiger partial charge in [-0.25, -0.2) is 4.39 Å². The van der Waals surface area contributed by atoms with Gasteiger partial charge in [0.25, 0.3) is 5.91 Å². The van der Waals surface area contributed by atoms with E-state index in [1.54, 1.807) is 6.07 Å². The molecule has 1 aromatic carbocycles. The fourth-order valence-corrected chi connectivity index (χ4v) is 2.54. The third-order valence-corrected chi connectivity index (χ3v) is 3.58. The van der Waals surface area contributed by atoms with E-state index in [4.69, 9.17) is 4.74 Å². The fourth-order valence-electron chi connectivity index (χ4n) is 2.54. The predicted octanol–water partition coefficient (Wildman–Crippen LogP) is 2.23. The first-order chi connectivity index (χ1) is 11.0. The number of halogens is 1. The van der Waals surface area contributed by atoms with Gasteiger partial charge in [-0.15, -0.1) is 0 Å². The van der Waals surface area contributed by atoms with Gasteiger partial charge < -0.3 is 15.4 Å². The molecule has 23 heavy (non-hydrogen) atoms. The number of anilines is 1. The molecule has 0 unspecified atom stereocenters. The minimum absolute atomic E-state index is 0.0436. The molecule has 3 rings (SSSR count). The Balaban J connectivity index is 1.76. The minimum Gasteiger partial charge on any atom is -0.491 e. The van der Waals surface area contributed by atoms with Crippen LogP contribution in [0.3, 0.4) is 0 Å². The van der Waals surface area contributed by atoms with Crippen LogP contribution in [0.2, 0.25) is 0 Å². The van der Waals surface area contributed by atoms with Crippen molar-refractivity contribution in [1.82, 2.24) is 15.5 Å². The van der Waals surface area contributed by atoms with Crippen molar-refractivity contribution in [3.8, 4) is 5.75 Å². The lowest BCUT2D eigenvalue weighted by Crippen LogP contribution is -2.25. The molecule has 1 aromatic heterocycles. The molecular weight excluding hydrogens is 299 g/mol. The first kappa shape index (κ1) is 15.5. The molecule has 0 fully saturated rings. The molecule has 1 amide bonds. The summed E-state index contributed by atoms with van der Waals surface area (Å²) in [5.74, 6) is -0.543. The number of aromatic nitrogens is 2. The Morgan fingerprint density at radius 2 is 2.26 bits per heavy atom. The second kappa shape index (κ2) is 6.37. The van der Waals surface area contributed by atoms with Crippen LogP contribution in [-0.2, 0) is 13.0 Å². The van der Waals surface area contributed by atoms with Crippen molar-refractivity contribution in [3.05, 3.63) is 41.0 Å². The molecule has 0 saturated carbocycles. The molecule has 1 aliphatic heterocycles. The Hall–Kier alpha value is -2.41. The summed E-state index contributed by atoms with van der Waals surface area (Å²) in [6.07, 6.45) is 0.753. The van der Waals surface area contributed by atoms with Crippen LogP contribution >= 0.6 is 0 Å². The van der Waals surface area contributed by atoms with Gasteiger partial charge in [-0.2, -0.15) is 5.10 Å². The quantitative estimate of drug-likeness (QED) is 0.808. The average molecular weight is 318 g/mol. The summed E-state index contributed by atoms with van der Waals surface area (Å²) in [5.41, 5.74) is 2.20. The summed E-state index contributed by atoms with van der Waals surface area (Å²) in [6, 6.07) is 4.37. The molecule has 122 valence electrons. The van der Waals surface area contributed by atoms with Gasteiger partial charge in [0.2, 0.25) is 0 Å². The molecule has 0 aliphatic carbocycles. The van der Waals surface area contributed by atoms with Gasteiger partial charge in [0.05, 0.1) is 11.8 Å². The third kappa shape index (κ3) is 3.34. The van der Waals surface area contributed by atoms with Gasteiger partial charge in [0, 0.05) is 36.8 Å². The maximum atomic E-state index is 14.1. The van der Waals surface area contributed by atoms with E-state index in [2.05, 4.69) is 20.8 Å². The highest BCUT2D eigenvalue weighted by molar-refractivity contribution is 6.04. The topological polar surface area (TPSA) is 79.0 Å². The van der Waals surface area contributed by atoms with Crippen molar-refractivity contribution >= 4 is 11.6 Å². The van der Waals surface area contributed by atoms with Gasteiger partial charge >= 0.3 is 0 Å². The van der Waals surface area contributed by atoms with Crippen molar-refractivity contribution in [3.63, 3.8) is 0 Å². The number of rotatable bonds is 4. The Morgan fingerprint density at radius 1 is 1.43 bits per heavy atom. The molecule has 2 heterocycles. The Labute approximate surface area is 133 Å². The monoisotopic (exact) mass is 318 g/mol. The number of aromatic amines is 1. The van der Waals surface area contributed by atoms with Gasteiger partial charge in [0.1, 0.15) is 11.6 Å². The number of amides is 1. The van der Waals surface area contributed by atoms with E-state index in [0.29, 0.717) is 18.0 Å². The second-order valence-corrected chi connectivity index (χ2v) is 5.72. The molecule has 3 N–H and O–H groups in total. The van der Waals surface area contributed by atoms with E-state index in [1.807, 2.05) is 13.8 Å². The van der Waals surface area contributed by atoms with Crippen molar-refractivity contribution in [1.29, 1.82) is 0 Å². The predicted molar refractivity (Wildman–Crippen MR) is 84.1 cm³/mol. The fraction of sp³-hybridized carbons (Fsp3) is 0.375. The third-order valence-electron chi connectivity index (χ3n) is 3.58. The van der Waals surface area contributed by atoms with Crippen LogP contribution in [0.5, 0.6) is 5.75 Å². The number of nitrogens with one attached hydrogen (secondary N) is 3. The van der Waals surface area contributed by atoms with Crippen molar-refractivity contribution in [2.75, 3.05) is 11.9 Å². The Bertz CT molecular complexity index is 727. The normalized spacial score (nSPS) is 13.7. The van der Waals surface area contributed by atoms with Gasteiger partial charge in [0.15, 0.2) is 5.69 Å². The number of hydrogen-bond acceptors (Lipinski definition) is 4. The molecule has 7 heteroatoms. The summed E-state index contributed by atoms with van der Waals surface area (Å²) >= 11 is 0. The average Bonchev–Trinajstić information content (AvgIpc) is 2.93. The first-order valence-corrected chi connectivity index (χ1v) is 7.59. The van der Waals surface area contributed by atoms with Gasteiger partial charge in [-0.1, -0.05) is 0 Å². The number of carbonyl (C=O) groups excluding carboxylic acids is 1. The van der Waals surface area contributed by atoms with Crippen LogP contribution in [0.4, 0.5) is 10.1 Å². The lowest BCUT2D eigenvalue weighted by molar-refractivity contribution is 0.102. The maximum Gasteiger partial charge on any atom is 0.276 e. The highest BCUT2D eigenvalue weighted by Gasteiger charge is 2.22. The number of ether oxygens (including phenoxy) is 1. The molecule has 1 aliphatic rings. The number of nitrogens with zero attached hydrogens (tertiary/aromatic N) is 1. The summed E-state index contributed by atoms with van der Waals surface area (Å²) in [5, 5.41) is 12.7. The highest BCUT2D eigenvalue weighted by Crippen LogP contribution is 2.23. The van der Waals surface area contributed by atoms with Gasteiger partial charge in [-0.05, 0) is 26.0 Å². The number of H-pyrrole nitrogens is 1. The van der Waals surface area contributed by atoms with Crippen molar-refractivity contribution in [2.24, 2.45) is 0 Å². The molecule has 0 spiro atoms. The first-order valence-electron chi connectivity index (χ1n) is 7.59. The van der Waals surface area contributed by atoms with Crippen molar-refractivity contribution in [2.45, 2.75) is 32.9 Å². The maximum absolute atomic E-state index is 14.1. The summed E-state index contributed by atoms with van der Waals surface area (Å²) in [4.78, 5) is 12.3. The summed E-state index contributed by atoms with van der Waals surface area (Å²) < 4.78 is 19.5. The molecule has 0 atom stereocenters. The van der Waals surface area contributed by atoms with Crippen LogP contribution in [-0.4, -0.2) is 28.8 Å². The molecular formula is C16H19FN4O2. The number of fused-ring (bicyclic) bond motifs is 1. The van der Waals surface area contributed by atoms with Gasteiger partial charge in [-0.3, -0.25) is 9.89 Å². The molecule has 0 radical (unpaired) electrons. The molecule has 0 saturated heterocycles. The molecule has 2 aromatic rings. The SMILES string of the molecule is CC(C)Oc1ccc(NC(=O)c2n[nH]c3c2CNCC3)c(F)c1. The van der Waals surface area contributed by atoms with E-state index in [0.717, 1.165) is 24.2 Å². The van der Waals surface area contributed by atoms with E-state index >= 15 is 0 Å². The smallest absolute Gasteiger partial charge is 0.276 e. The zero-order valence-electron chi connectivity index (χ0n) is 13.1. The van der Waals surface area contributed by atoms with Crippen LogP contribution in [0.15, 0.2) is 18.2 Å². The standard InChI is InChI=1S/C16H19FN4O2/c1-9(2)23-10-3-4-14(12(17)7-10)19-16(22)15-11-8-18-6-5-13(11)20-21-15/h3-4,7,9,18H,5-6,8H2,1-2H3,(H,19,22)(H,20,21). The number of carbonyl (C=O) groups is 1. The molecule has 6 nitrogen and oxygen atoms in total. The van der Waals surface area contributed by atoms with E-state index in [9.17, 15) is 9.18 Å².